The molecule has 0 aliphatic carbocycles. The summed E-state index contributed by atoms with van der Waals surface area (Å²) in [5.41, 5.74) is 6.00. The third kappa shape index (κ3) is 8.80. The summed E-state index contributed by atoms with van der Waals surface area (Å²) in [5, 5.41) is 9.20. The SMILES string of the molecule is CSc1ccc2c(c1)c(/C=C/C=C/C(C)=C/C=C1\Sc3ccc(-c4cccs4)cc3N1CCOc1cccc3ccccc13)cc[n+]2CCOc1cccc2ccccc12. The smallest absolute Gasteiger partial charge is 0.213 e. The van der Waals surface area contributed by atoms with Crippen LogP contribution in [0, 0.1) is 0 Å². The Morgan fingerprint density at radius 3 is 2.23 bits per heavy atom. The number of hydrogen-bond acceptors (Lipinski definition) is 6. The molecule has 9 rings (SSSR count). The predicted octanol–water partition coefficient (Wildman–Crippen LogP) is 14.0. The van der Waals surface area contributed by atoms with E-state index in [0.29, 0.717) is 13.2 Å². The Morgan fingerprint density at radius 1 is 0.733 bits per heavy atom. The average Bonchev–Trinajstić information content (AvgIpc) is 3.96. The van der Waals surface area contributed by atoms with Crippen molar-refractivity contribution in [2.24, 2.45) is 0 Å². The zero-order chi connectivity index (χ0) is 40.7. The van der Waals surface area contributed by atoms with Crippen LogP contribution in [0.4, 0.5) is 5.69 Å². The molecule has 7 heteroatoms. The van der Waals surface area contributed by atoms with Gasteiger partial charge in [-0.3, -0.25) is 0 Å². The van der Waals surface area contributed by atoms with Crippen LogP contribution in [-0.4, -0.2) is 26.0 Å². The fraction of sp³-hybridized carbons (Fsp3) is 0.113. The van der Waals surface area contributed by atoms with Gasteiger partial charge in [0.1, 0.15) is 24.7 Å². The first-order valence-corrected chi connectivity index (χ1v) is 23.1. The topological polar surface area (TPSA) is 25.6 Å². The van der Waals surface area contributed by atoms with E-state index in [9.17, 15) is 0 Å². The Kier molecular flexibility index (Phi) is 12.2. The van der Waals surface area contributed by atoms with Crippen LogP contribution < -0.4 is 18.9 Å². The summed E-state index contributed by atoms with van der Waals surface area (Å²) in [7, 11) is 0. The number of allylic oxidation sites excluding steroid dienone is 6. The molecule has 0 radical (unpaired) electrons. The predicted molar refractivity (Wildman–Crippen MR) is 258 cm³/mol. The van der Waals surface area contributed by atoms with Gasteiger partial charge in [0, 0.05) is 37.6 Å². The standard InChI is InChI=1S/C53H45N2O2S3/c1-38(12-3-4-15-41-29-30-54(47-26-25-43(58-2)37-46(41)47)31-33-56-49-20-9-16-39-13-5-7-18-44(39)49)23-28-53-55(32-34-57-50-21-10-17-40-14-6-8-19-45(40)50)48-36-42(24-27-52(48)60-53)51-22-11-35-59-51/h3-30,35-37H,31-34H2,1-2H3/q+1. The van der Waals surface area contributed by atoms with Crippen molar-refractivity contribution in [3.05, 3.63) is 198 Å². The van der Waals surface area contributed by atoms with Crippen molar-refractivity contribution in [1.82, 2.24) is 0 Å². The minimum absolute atomic E-state index is 0.563. The van der Waals surface area contributed by atoms with Gasteiger partial charge >= 0.3 is 0 Å². The van der Waals surface area contributed by atoms with Crippen molar-refractivity contribution in [2.75, 3.05) is 30.9 Å². The van der Waals surface area contributed by atoms with E-state index >= 15 is 0 Å². The molecule has 6 aromatic carbocycles. The Bertz CT molecular complexity index is 2920. The first kappa shape index (κ1) is 39.5. The molecule has 0 fully saturated rings. The van der Waals surface area contributed by atoms with E-state index in [1.54, 1.807) is 23.1 Å². The summed E-state index contributed by atoms with van der Waals surface area (Å²) in [5.74, 6) is 1.84. The van der Waals surface area contributed by atoms with E-state index in [1.807, 2.05) is 11.8 Å². The lowest BCUT2D eigenvalue weighted by Gasteiger charge is -2.21. The molecule has 1 aliphatic rings. The third-order valence-electron chi connectivity index (χ3n) is 10.7. The van der Waals surface area contributed by atoms with Crippen LogP contribution >= 0.6 is 34.9 Å². The maximum Gasteiger partial charge on any atom is 0.213 e. The number of aromatic nitrogens is 1. The van der Waals surface area contributed by atoms with Gasteiger partial charge in [-0.15, -0.1) is 23.1 Å². The number of nitrogens with zero attached hydrogens (tertiary/aromatic N) is 2. The minimum Gasteiger partial charge on any atom is -0.491 e. The highest BCUT2D eigenvalue weighted by molar-refractivity contribution is 8.03. The summed E-state index contributed by atoms with van der Waals surface area (Å²) in [6.45, 7) is 4.77. The lowest BCUT2D eigenvalue weighted by atomic mass is 10.1. The molecule has 4 nitrogen and oxygen atoms in total. The molecule has 8 aromatic rings. The number of thioether (sulfide) groups is 2. The number of fused-ring (bicyclic) bond motifs is 4. The van der Waals surface area contributed by atoms with Gasteiger partial charge in [-0.2, -0.15) is 4.57 Å². The normalized spacial score (nSPS) is 13.7. The third-order valence-corrected chi connectivity index (χ3v) is 13.5. The van der Waals surface area contributed by atoms with E-state index in [2.05, 4.69) is 210 Å². The highest BCUT2D eigenvalue weighted by Crippen LogP contribution is 2.48. The Morgan fingerprint density at radius 2 is 1.48 bits per heavy atom. The summed E-state index contributed by atoms with van der Waals surface area (Å²) in [6, 6.07) is 49.3. The van der Waals surface area contributed by atoms with Crippen molar-refractivity contribution < 1.29 is 14.0 Å². The number of rotatable bonds is 14. The molecule has 0 unspecified atom stereocenters. The second kappa shape index (κ2) is 18.5. The molecular weight excluding hydrogens is 793 g/mol. The van der Waals surface area contributed by atoms with Crippen molar-refractivity contribution in [1.29, 1.82) is 0 Å². The molecule has 2 aromatic heterocycles. The molecule has 0 saturated carbocycles. The van der Waals surface area contributed by atoms with Gasteiger partial charge in [0.15, 0.2) is 12.7 Å². The van der Waals surface area contributed by atoms with Crippen LogP contribution in [0.15, 0.2) is 202 Å². The van der Waals surface area contributed by atoms with E-state index in [0.717, 1.165) is 35.4 Å². The van der Waals surface area contributed by atoms with E-state index in [-0.39, 0.29) is 0 Å². The molecule has 3 heterocycles. The summed E-state index contributed by atoms with van der Waals surface area (Å²) in [4.78, 5) is 6.18. The van der Waals surface area contributed by atoms with Crippen molar-refractivity contribution in [3.8, 4) is 21.9 Å². The number of pyridine rings is 1. The largest absolute Gasteiger partial charge is 0.491 e. The lowest BCUT2D eigenvalue weighted by Crippen LogP contribution is -2.37. The molecule has 0 atom stereocenters. The maximum atomic E-state index is 6.45. The fourth-order valence-electron chi connectivity index (χ4n) is 7.63. The van der Waals surface area contributed by atoms with Gasteiger partial charge in [0.2, 0.25) is 5.52 Å². The fourth-order valence-corrected chi connectivity index (χ4v) is 9.86. The monoisotopic (exact) mass is 837 g/mol. The molecule has 0 spiro atoms. The van der Waals surface area contributed by atoms with Crippen LogP contribution in [0.25, 0.3) is 49.0 Å². The highest BCUT2D eigenvalue weighted by atomic mass is 32.2. The Hall–Kier alpha value is -5.99. The van der Waals surface area contributed by atoms with Gasteiger partial charge in [-0.1, -0.05) is 133 Å². The van der Waals surface area contributed by atoms with Crippen molar-refractivity contribution in [3.63, 3.8) is 0 Å². The van der Waals surface area contributed by atoms with Gasteiger partial charge in [-0.05, 0) is 89.0 Å². The molecule has 0 amide bonds. The second-order valence-electron chi connectivity index (χ2n) is 14.5. The number of anilines is 1. The van der Waals surface area contributed by atoms with E-state index < -0.39 is 0 Å². The van der Waals surface area contributed by atoms with E-state index in [1.165, 1.54) is 63.8 Å². The molecule has 60 heavy (non-hydrogen) atoms. The van der Waals surface area contributed by atoms with Crippen LogP contribution in [0.1, 0.15) is 12.5 Å². The molecule has 0 bridgehead atoms. The Balaban J connectivity index is 0.904. The molecule has 296 valence electrons. The first-order valence-electron chi connectivity index (χ1n) is 20.2. The van der Waals surface area contributed by atoms with E-state index in [4.69, 9.17) is 9.47 Å². The highest BCUT2D eigenvalue weighted by Gasteiger charge is 2.25. The number of benzene rings is 6. The van der Waals surface area contributed by atoms with Crippen LogP contribution in [0.2, 0.25) is 0 Å². The first-order chi connectivity index (χ1) is 29.6. The van der Waals surface area contributed by atoms with Crippen molar-refractivity contribution in [2.45, 2.75) is 23.3 Å². The quantitative estimate of drug-likeness (QED) is 0.0617. The number of hydrogen-bond donors (Lipinski definition) is 0. The zero-order valence-corrected chi connectivity index (χ0v) is 36.1. The zero-order valence-electron chi connectivity index (χ0n) is 33.7. The summed E-state index contributed by atoms with van der Waals surface area (Å²) < 4.78 is 15.1. The molecule has 0 N–H and O–H groups in total. The van der Waals surface area contributed by atoms with Gasteiger partial charge in [0.05, 0.1) is 22.6 Å². The second-order valence-corrected chi connectivity index (χ2v) is 17.4. The number of ether oxygens (including phenoxy) is 2. The van der Waals surface area contributed by atoms with Gasteiger partial charge in [-0.25, -0.2) is 0 Å². The van der Waals surface area contributed by atoms with Gasteiger partial charge < -0.3 is 14.4 Å². The number of thiophene rings is 1. The van der Waals surface area contributed by atoms with Crippen LogP contribution in [-0.2, 0) is 6.54 Å². The minimum atomic E-state index is 0.563. The average molecular weight is 838 g/mol. The lowest BCUT2D eigenvalue weighted by molar-refractivity contribution is -0.672. The Labute approximate surface area is 364 Å². The van der Waals surface area contributed by atoms with Crippen LogP contribution in [0.5, 0.6) is 11.5 Å². The van der Waals surface area contributed by atoms with Crippen LogP contribution in [0.3, 0.4) is 0 Å². The molecular formula is C53H45N2O2S3+. The summed E-state index contributed by atoms with van der Waals surface area (Å²) >= 11 is 5.35. The van der Waals surface area contributed by atoms with Crippen molar-refractivity contribution >= 4 is 79.1 Å². The maximum absolute atomic E-state index is 6.45. The molecule has 0 saturated heterocycles. The van der Waals surface area contributed by atoms with Gasteiger partial charge in [0.25, 0.3) is 0 Å². The summed E-state index contributed by atoms with van der Waals surface area (Å²) in [6.07, 6.45) is 17.4. The molecule has 1 aliphatic heterocycles.